The zero-order chi connectivity index (χ0) is 19.2. The van der Waals surface area contributed by atoms with Crippen molar-refractivity contribution in [2.24, 2.45) is 11.8 Å². The molecule has 1 N–H and O–H groups in total. The van der Waals surface area contributed by atoms with Gasteiger partial charge in [-0.3, -0.25) is 4.79 Å². The highest BCUT2D eigenvalue weighted by molar-refractivity contribution is 5.95. The second-order valence-electron chi connectivity index (χ2n) is 7.42. The van der Waals surface area contributed by atoms with E-state index in [0.717, 1.165) is 36.3 Å². The molecule has 0 unspecified atom stereocenters. The van der Waals surface area contributed by atoms with Gasteiger partial charge in [-0.15, -0.1) is 12.4 Å². The number of fused-ring (bicyclic) bond motifs is 1. The lowest BCUT2D eigenvalue weighted by Crippen LogP contribution is -2.35. The van der Waals surface area contributed by atoms with E-state index in [9.17, 15) is 18.0 Å². The number of benzene rings is 2. The third-order valence-corrected chi connectivity index (χ3v) is 5.77. The Bertz CT molecular complexity index is 871. The van der Waals surface area contributed by atoms with Gasteiger partial charge in [-0.2, -0.15) is 13.2 Å². The summed E-state index contributed by atoms with van der Waals surface area (Å²) in [7, 11) is 0. The average Bonchev–Trinajstić information content (AvgIpc) is 3.22. The van der Waals surface area contributed by atoms with E-state index in [1.165, 1.54) is 12.1 Å². The Labute approximate surface area is 168 Å². The lowest BCUT2D eigenvalue weighted by Gasteiger charge is -2.30. The van der Waals surface area contributed by atoms with E-state index in [1.807, 2.05) is 31.2 Å². The molecule has 0 spiro atoms. The second kappa shape index (κ2) is 7.76. The van der Waals surface area contributed by atoms with Crippen molar-refractivity contribution < 1.29 is 18.0 Å². The quantitative estimate of drug-likeness (QED) is 0.792. The van der Waals surface area contributed by atoms with Gasteiger partial charge in [-0.25, -0.2) is 0 Å². The molecule has 28 heavy (non-hydrogen) atoms. The predicted octanol–water partition coefficient (Wildman–Crippen LogP) is 4.47. The molecule has 1 amide bonds. The standard InChI is InChI=1S/C21H21F3N2O.ClH/c1-13-5-2-3-8-17(13)19-18-11-25-10-15(18)12-26(19)20(27)14-6-4-7-16(9-14)21(22,23)24;/h2-9,15,18-19,25H,10-12H2,1H3;1H/t15-,18-,19-;/m0./s1. The maximum atomic E-state index is 13.2. The Morgan fingerprint density at radius 2 is 1.86 bits per heavy atom. The first-order valence-electron chi connectivity index (χ1n) is 9.11. The molecule has 7 heteroatoms. The zero-order valence-corrected chi connectivity index (χ0v) is 16.2. The summed E-state index contributed by atoms with van der Waals surface area (Å²) in [4.78, 5) is 15.0. The van der Waals surface area contributed by atoms with Crippen LogP contribution in [0.15, 0.2) is 48.5 Å². The van der Waals surface area contributed by atoms with Gasteiger partial charge in [-0.1, -0.05) is 30.3 Å². The predicted molar refractivity (Wildman–Crippen MR) is 103 cm³/mol. The minimum atomic E-state index is -4.46. The van der Waals surface area contributed by atoms with Gasteiger partial charge in [0.25, 0.3) is 5.91 Å². The number of hydrogen-bond acceptors (Lipinski definition) is 2. The largest absolute Gasteiger partial charge is 0.416 e. The Morgan fingerprint density at radius 1 is 1.11 bits per heavy atom. The number of aryl methyl sites for hydroxylation is 1. The fourth-order valence-electron chi connectivity index (χ4n) is 4.44. The van der Waals surface area contributed by atoms with Crippen LogP contribution in [0.5, 0.6) is 0 Å². The summed E-state index contributed by atoms with van der Waals surface area (Å²) in [5.41, 5.74) is 1.48. The average molecular weight is 411 g/mol. The van der Waals surface area contributed by atoms with Gasteiger partial charge < -0.3 is 10.2 Å². The van der Waals surface area contributed by atoms with E-state index in [0.29, 0.717) is 12.5 Å². The van der Waals surface area contributed by atoms with Crippen molar-refractivity contribution in [3.05, 3.63) is 70.8 Å². The zero-order valence-electron chi connectivity index (χ0n) is 15.4. The van der Waals surface area contributed by atoms with Gasteiger partial charge >= 0.3 is 6.18 Å². The second-order valence-corrected chi connectivity index (χ2v) is 7.42. The molecule has 0 aromatic heterocycles. The smallest absolute Gasteiger partial charge is 0.331 e. The van der Waals surface area contributed by atoms with E-state index in [2.05, 4.69) is 5.32 Å². The van der Waals surface area contributed by atoms with Crippen LogP contribution in [-0.2, 0) is 6.18 Å². The van der Waals surface area contributed by atoms with Crippen molar-refractivity contribution in [1.82, 2.24) is 10.2 Å². The molecule has 2 aromatic carbocycles. The van der Waals surface area contributed by atoms with Gasteiger partial charge in [-0.05, 0) is 42.2 Å². The van der Waals surface area contributed by atoms with Gasteiger partial charge in [0.2, 0.25) is 0 Å². The lowest BCUT2D eigenvalue weighted by atomic mass is 9.87. The van der Waals surface area contributed by atoms with Crippen molar-refractivity contribution >= 4 is 18.3 Å². The Kier molecular flexibility index (Phi) is 5.73. The van der Waals surface area contributed by atoms with Gasteiger partial charge in [0.05, 0.1) is 11.6 Å². The summed E-state index contributed by atoms with van der Waals surface area (Å²) in [6, 6.07) is 12.6. The highest BCUT2D eigenvalue weighted by Gasteiger charge is 2.47. The molecule has 150 valence electrons. The Balaban J connectivity index is 0.00000225. The molecule has 2 heterocycles. The number of nitrogens with one attached hydrogen (secondary N) is 1. The number of amides is 1. The summed E-state index contributed by atoms with van der Waals surface area (Å²) < 4.78 is 39.2. The van der Waals surface area contributed by atoms with Gasteiger partial charge in [0, 0.05) is 31.1 Å². The number of halogens is 4. The van der Waals surface area contributed by atoms with Gasteiger partial charge in [0.15, 0.2) is 0 Å². The topological polar surface area (TPSA) is 32.3 Å². The fraction of sp³-hybridized carbons (Fsp3) is 0.381. The van der Waals surface area contributed by atoms with Crippen molar-refractivity contribution in [2.75, 3.05) is 19.6 Å². The third kappa shape index (κ3) is 3.63. The minimum Gasteiger partial charge on any atom is -0.331 e. The van der Waals surface area contributed by atoms with Crippen LogP contribution >= 0.6 is 12.4 Å². The molecular formula is C21H22ClF3N2O. The molecule has 2 fully saturated rings. The number of rotatable bonds is 2. The van der Waals surface area contributed by atoms with E-state index in [4.69, 9.17) is 0 Å². The summed E-state index contributed by atoms with van der Waals surface area (Å²) in [6.45, 7) is 4.22. The molecule has 3 nitrogen and oxygen atoms in total. The first kappa shape index (κ1) is 20.7. The molecule has 0 saturated carbocycles. The Morgan fingerprint density at radius 3 is 2.57 bits per heavy atom. The maximum absolute atomic E-state index is 13.2. The van der Waals surface area contributed by atoms with Crippen molar-refractivity contribution in [3.63, 3.8) is 0 Å². The number of likely N-dealkylation sites (tertiary alicyclic amines) is 1. The van der Waals surface area contributed by atoms with Crippen molar-refractivity contribution in [1.29, 1.82) is 0 Å². The molecule has 0 radical (unpaired) electrons. The monoisotopic (exact) mass is 410 g/mol. The van der Waals surface area contributed by atoms with Crippen LogP contribution in [0.4, 0.5) is 13.2 Å². The molecule has 0 bridgehead atoms. The minimum absolute atomic E-state index is 0. The molecule has 2 saturated heterocycles. The summed E-state index contributed by atoms with van der Waals surface area (Å²) in [5.74, 6) is 0.272. The van der Waals surface area contributed by atoms with Crippen LogP contribution in [0, 0.1) is 18.8 Å². The molecular weight excluding hydrogens is 389 g/mol. The van der Waals surface area contributed by atoms with Crippen molar-refractivity contribution in [3.8, 4) is 0 Å². The maximum Gasteiger partial charge on any atom is 0.416 e. The molecule has 0 aliphatic carbocycles. The van der Waals surface area contributed by atoms with Crippen LogP contribution < -0.4 is 5.32 Å². The fourth-order valence-corrected chi connectivity index (χ4v) is 4.44. The summed E-state index contributed by atoms with van der Waals surface area (Å²) in [6.07, 6.45) is -4.46. The van der Waals surface area contributed by atoms with Crippen LogP contribution in [-0.4, -0.2) is 30.4 Å². The lowest BCUT2D eigenvalue weighted by molar-refractivity contribution is -0.137. The van der Waals surface area contributed by atoms with E-state index >= 15 is 0 Å². The van der Waals surface area contributed by atoms with Crippen LogP contribution in [0.25, 0.3) is 0 Å². The number of alkyl halides is 3. The van der Waals surface area contributed by atoms with Crippen LogP contribution in [0.3, 0.4) is 0 Å². The number of hydrogen-bond donors (Lipinski definition) is 1. The van der Waals surface area contributed by atoms with E-state index in [-0.39, 0.29) is 35.8 Å². The summed E-state index contributed by atoms with van der Waals surface area (Å²) >= 11 is 0. The molecule has 4 rings (SSSR count). The molecule has 2 aromatic rings. The molecule has 2 aliphatic heterocycles. The van der Waals surface area contributed by atoms with Crippen LogP contribution in [0.1, 0.15) is 33.1 Å². The Hall–Kier alpha value is -2.05. The number of carbonyl (C=O) groups is 1. The third-order valence-electron chi connectivity index (χ3n) is 5.77. The van der Waals surface area contributed by atoms with E-state index in [1.54, 1.807) is 4.90 Å². The van der Waals surface area contributed by atoms with E-state index < -0.39 is 11.7 Å². The number of nitrogens with zero attached hydrogens (tertiary/aromatic N) is 1. The highest BCUT2D eigenvalue weighted by atomic mass is 35.5. The van der Waals surface area contributed by atoms with Gasteiger partial charge in [0.1, 0.15) is 0 Å². The molecule has 3 atom stereocenters. The molecule has 2 aliphatic rings. The first-order chi connectivity index (χ1) is 12.9. The summed E-state index contributed by atoms with van der Waals surface area (Å²) in [5, 5.41) is 3.39. The normalized spacial score (nSPS) is 24.0. The number of carbonyl (C=O) groups excluding carboxylic acids is 1. The van der Waals surface area contributed by atoms with Crippen molar-refractivity contribution in [2.45, 2.75) is 19.1 Å². The first-order valence-corrected chi connectivity index (χ1v) is 9.11. The SMILES string of the molecule is Cc1ccccc1[C@H]1[C@H]2CNC[C@H]2CN1C(=O)c1cccc(C(F)(F)F)c1.Cl. The van der Waals surface area contributed by atoms with Crippen LogP contribution in [0.2, 0.25) is 0 Å². The highest BCUT2D eigenvalue weighted by Crippen LogP contribution is 2.44.